The van der Waals surface area contributed by atoms with Crippen LogP contribution in [0.4, 0.5) is 8.78 Å². The van der Waals surface area contributed by atoms with Crippen molar-refractivity contribution in [2.75, 3.05) is 19.8 Å². The van der Waals surface area contributed by atoms with Crippen LogP contribution in [0.3, 0.4) is 0 Å². The molecule has 0 bridgehead atoms. The molecule has 0 saturated heterocycles. The largest absolute Gasteiger partial charge is 0.463 e. The highest BCUT2D eigenvalue weighted by Crippen LogP contribution is 2.17. The number of esters is 1. The van der Waals surface area contributed by atoms with E-state index in [9.17, 15) is 13.6 Å². The lowest BCUT2D eigenvalue weighted by Gasteiger charge is -2.10. The Balaban J connectivity index is 3.70. The molecular weight excluding hydrogens is 214 g/mol. The van der Waals surface area contributed by atoms with Gasteiger partial charge in [-0.2, -0.15) is 8.78 Å². The standard InChI is InChI=1S/C8H12F2O3S/c1-3-13-7(11)6(2)4-12-5-8(9,10)14/h14H,2-5H2,1H3. The van der Waals surface area contributed by atoms with Crippen LogP contribution in [0.2, 0.25) is 0 Å². The van der Waals surface area contributed by atoms with E-state index in [0.29, 0.717) is 0 Å². The van der Waals surface area contributed by atoms with Gasteiger partial charge in [0.2, 0.25) is 0 Å². The Morgan fingerprint density at radius 2 is 2.14 bits per heavy atom. The molecule has 0 saturated carbocycles. The van der Waals surface area contributed by atoms with Crippen LogP contribution < -0.4 is 0 Å². The lowest BCUT2D eigenvalue weighted by atomic mass is 10.3. The lowest BCUT2D eigenvalue weighted by Crippen LogP contribution is -2.19. The van der Waals surface area contributed by atoms with Crippen molar-refractivity contribution in [1.29, 1.82) is 0 Å². The van der Waals surface area contributed by atoms with Crippen molar-refractivity contribution in [3.05, 3.63) is 12.2 Å². The summed E-state index contributed by atoms with van der Waals surface area (Å²) >= 11 is 2.95. The van der Waals surface area contributed by atoms with Gasteiger partial charge in [0.1, 0.15) is 6.61 Å². The smallest absolute Gasteiger partial charge is 0.335 e. The molecule has 0 aliphatic heterocycles. The minimum atomic E-state index is -3.20. The molecule has 0 atom stereocenters. The summed E-state index contributed by atoms with van der Waals surface area (Å²) in [5, 5.41) is -3.20. The maximum atomic E-state index is 12.1. The summed E-state index contributed by atoms with van der Waals surface area (Å²) in [6.07, 6.45) is 0. The monoisotopic (exact) mass is 226 g/mol. The normalized spacial score (nSPS) is 11.1. The first kappa shape index (κ1) is 13.4. The summed E-state index contributed by atoms with van der Waals surface area (Å²) in [5.74, 6) is -0.644. The van der Waals surface area contributed by atoms with Crippen molar-refractivity contribution < 1.29 is 23.0 Å². The minimum absolute atomic E-state index is 0.00410. The van der Waals surface area contributed by atoms with Crippen LogP contribution in [0.5, 0.6) is 0 Å². The maximum absolute atomic E-state index is 12.1. The zero-order valence-electron chi connectivity index (χ0n) is 7.76. The molecule has 0 rings (SSSR count). The SMILES string of the molecule is C=C(COCC(F)(F)S)C(=O)OCC. The molecular formula is C8H12F2O3S. The van der Waals surface area contributed by atoms with Gasteiger partial charge in [0.15, 0.2) is 0 Å². The van der Waals surface area contributed by atoms with E-state index in [1.807, 2.05) is 0 Å². The molecule has 0 unspecified atom stereocenters. The number of hydrogen-bond acceptors (Lipinski definition) is 4. The number of hydrogen-bond donors (Lipinski definition) is 1. The Bertz CT molecular complexity index is 213. The molecule has 0 aliphatic rings. The second-order valence-corrected chi connectivity index (χ2v) is 3.14. The van der Waals surface area contributed by atoms with Crippen LogP contribution in [-0.2, 0) is 14.3 Å². The summed E-state index contributed by atoms with van der Waals surface area (Å²) < 4.78 is 33.3. The number of rotatable bonds is 6. The highest BCUT2D eigenvalue weighted by molar-refractivity contribution is 7.81. The predicted molar refractivity (Wildman–Crippen MR) is 50.5 cm³/mol. The fourth-order valence-electron chi connectivity index (χ4n) is 0.589. The van der Waals surface area contributed by atoms with Crippen LogP contribution in [0.1, 0.15) is 6.92 Å². The zero-order valence-corrected chi connectivity index (χ0v) is 8.65. The Morgan fingerprint density at radius 1 is 1.57 bits per heavy atom. The summed E-state index contributed by atoms with van der Waals surface area (Å²) in [5.41, 5.74) is 0.00410. The number of thiol groups is 1. The van der Waals surface area contributed by atoms with E-state index in [4.69, 9.17) is 0 Å². The predicted octanol–water partition coefficient (Wildman–Crippen LogP) is 1.64. The van der Waals surface area contributed by atoms with Gasteiger partial charge in [-0.1, -0.05) is 6.58 Å². The molecule has 0 aliphatic carbocycles. The summed E-state index contributed by atoms with van der Waals surface area (Å²) in [4.78, 5) is 10.9. The topological polar surface area (TPSA) is 35.5 Å². The van der Waals surface area contributed by atoms with Crippen molar-refractivity contribution in [3.8, 4) is 0 Å². The quantitative estimate of drug-likeness (QED) is 0.425. The summed E-state index contributed by atoms with van der Waals surface area (Å²) in [7, 11) is 0. The van der Waals surface area contributed by atoms with E-state index in [-0.39, 0.29) is 18.8 Å². The first-order chi connectivity index (χ1) is 6.37. The molecule has 82 valence electrons. The Labute approximate surface area is 86.5 Å². The van der Waals surface area contributed by atoms with Crippen LogP contribution in [-0.4, -0.2) is 31.0 Å². The average molecular weight is 226 g/mol. The number of carbonyl (C=O) groups excluding carboxylic acids is 1. The van der Waals surface area contributed by atoms with E-state index in [1.54, 1.807) is 6.92 Å². The second kappa shape index (κ2) is 5.98. The van der Waals surface area contributed by atoms with Gasteiger partial charge in [0, 0.05) is 0 Å². The number of carbonyl (C=O) groups is 1. The molecule has 0 spiro atoms. The van der Waals surface area contributed by atoms with Gasteiger partial charge in [0.05, 0.1) is 18.8 Å². The van der Waals surface area contributed by atoms with Crippen LogP contribution in [0, 0.1) is 0 Å². The molecule has 0 radical (unpaired) electrons. The van der Waals surface area contributed by atoms with Crippen molar-refractivity contribution in [2.45, 2.75) is 12.2 Å². The number of halogens is 2. The van der Waals surface area contributed by atoms with E-state index in [2.05, 4.69) is 28.7 Å². The molecule has 0 aromatic rings. The first-order valence-corrected chi connectivity index (χ1v) is 4.34. The van der Waals surface area contributed by atoms with Gasteiger partial charge in [-0.3, -0.25) is 0 Å². The van der Waals surface area contributed by atoms with Crippen molar-refractivity contribution in [2.24, 2.45) is 0 Å². The fourth-order valence-corrected chi connectivity index (χ4v) is 0.680. The zero-order chi connectivity index (χ0) is 11.2. The molecule has 0 N–H and O–H groups in total. The van der Waals surface area contributed by atoms with Gasteiger partial charge < -0.3 is 9.47 Å². The van der Waals surface area contributed by atoms with Gasteiger partial charge in [-0.05, 0) is 6.92 Å². The third-order valence-corrected chi connectivity index (χ3v) is 1.25. The van der Waals surface area contributed by atoms with E-state index in [0.717, 1.165) is 0 Å². The highest BCUT2D eigenvalue weighted by atomic mass is 32.1. The third-order valence-electron chi connectivity index (χ3n) is 1.12. The Kier molecular flexibility index (Phi) is 5.71. The molecule has 6 heteroatoms. The van der Waals surface area contributed by atoms with Gasteiger partial charge in [-0.15, -0.1) is 12.6 Å². The van der Waals surface area contributed by atoms with Crippen LogP contribution in [0.15, 0.2) is 12.2 Å². The third kappa shape index (κ3) is 6.85. The summed E-state index contributed by atoms with van der Waals surface area (Å²) in [6, 6.07) is 0. The number of ether oxygens (including phenoxy) is 2. The van der Waals surface area contributed by atoms with E-state index >= 15 is 0 Å². The highest BCUT2D eigenvalue weighted by Gasteiger charge is 2.23. The van der Waals surface area contributed by atoms with E-state index < -0.39 is 17.8 Å². The molecule has 0 aromatic carbocycles. The molecule has 0 aromatic heterocycles. The lowest BCUT2D eigenvalue weighted by molar-refractivity contribution is -0.139. The van der Waals surface area contributed by atoms with E-state index in [1.165, 1.54) is 0 Å². The molecule has 0 fully saturated rings. The van der Waals surface area contributed by atoms with Gasteiger partial charge >= 0.3 is 11.2 Å². The average Bonchev–Trinajstić information content (AvgIpc) is 2.02. The minimum Gasteiger partial charge on any atom is -0.463 e. The maximum Gasteiger partial charge on any atom is 0.335 e. The Hall–Kier alpha value is -0.620. The van der Waals surface area contributed by atoms with Crippen molar-refractivity contribution >= 4 is 18.6 Å². The molecule has 14 heavy (non-hydrogen) atoms. The first-order valence-electron chi connectivity index (χ1n) is 3.89. The summed E-state index contributed by atoms with van der Waals surface area (Å²) in [6.45, 7) is 4.02. The van der Waals surface area contributed by atoms with Gasteiger partial charge in [-0.25, -0.2) is 4.79 Å². The second-order valence-electron chi connectivity index (χ2n) is 2.48. The molecule has 0 amide bonds. The number of alkyl halides is 2. The van der Waals surface area contributed by atoms with Gasteiger partial charge in [0.25, 0.3) is 0 Å². The molecule has 0 heterocycles. The van der Waals surface area contributed by atoms with Crippen molar-refractivity contribution in [1.82, 2.24) is 0 Å². The fraction of sp³-hybridized carbons (Fsp3) is 0.625. The van der Waals surface area contributed by atoms with Crippen LogP contribution >= 0.6 is 12.6 Å². The van der Waals surface area contributed by atoms with Crippen molar-refractivity contribution in [3.63, 3.8) is 0 Å². The van der Waals surface area contributed by atoms with Crippen LogP contribution in [0.25, 0.3) is 0 Å². The molecule has 3 nitrogen and oxygen atoms in total. The Morgan fingerprint density at radius 3 is 2.57 bits per heavy atom.